The molecule has 0 aromatic rings. The maximum atomic E-state index is 11.5. The molecule has 0 rings (SSSR count). The molecule has 17 heavy (non-hydrogen) atoms. The lowest BCUT2D eigenvalue weighted by Gasteiger charge is -2.18. The van der Waals surface area contributed by atoms with Gasteiger partial charge in [-0.3, -0.25) is 14.5 Å². The molecule has 0 radical (unpaired) electrons. The van der Waals surface area contributed by atoms with Gasteiger partial charge in [0.15, 0.2) is 0 Å². The minimum Gasteiger partial charge on any atom is -0.481 e. The van der Waals surface area contributed by atoms with Crippen LogP contribution in [0.2, 0.25) is 0 Å². The van der Waals surface area contributed by atoms with E-state index in [-0.39, 0.29) is 18.9 Å². The fourth-order valence-corrected chi connectivity index (χ4v) is 1.22. The third kappa shape index (κ3) is 9.52. The van der Waals surface area contributed by atoms with Crippen LogP contribution < -0.4 is 5.32 Å². The second kappa shape index (κ2) is 9.80. The summed E-state index contributed by atoms with van der Waals surface area (Å²) >= 11 is 0. The number of hydrogen-bond acceptors (Lipinski definition) is 4. The van der Waals surface area contributed by atoms with E-state index in [0.29, 0.717) is 26.2 Å². The molecule has 0 aliphatic heterocycles. The number of methoxy groups -OCH3 is 1. The van der Waals surface area contributed by atoms with Gasteiger partial charge in [-0.05, 0) is 0 Å². The van der Waals surface area contributed by atoms with Crippen LogP contribution >= 0.6 is 0 Å². The number of amides is 1. The fraction of sp³-hybridized carbons (Fsp3) is 0.636. The molecule has 2 N–H and O–H groups in total. The van der Waals surface area contributed by atoms with Crippen LogP contribution in [0.3, 0.4) is 0 Å². The molecule has 1 amide bonds. The van der Waals surface area contributed by atoms with Gasteiger partial charge in [0.05, 0.1) is 19.6 Å². The number of ether oxygens (including phenoxy) is 1. The summed E-state index contributed by atoms with van der Waals surface area (Å²) < 4.78 is 4.80. The summed E-state index contributed by atoms with van der Waals surface area (Å²) in [5.41, 5.74) is 0. The highest BCUT2D eigenvalue weighted by Gasteiger charge is 2.10. The average Bonchev–Trinajstić information content (AvgIpc) is 2.26. The van der Waals surface area contributed by atoms with Crippen LogP contribution in [0.1, 0.15) is 6.42 Å². The zero-order valence-electron chi connectivity index (χ0n) is 10.1. The van der Waals surface area contributed by atoms with Gasteiger partial charge in [0.25, 0.3) is 0 Å². The number of carboxylic acid groups (broad SMARTS) is 1. The van der Waals surface area contributed by atoms with E-state index in [4.69, 9.17) is 9.84 Å². The Morgan fingerprint density at radius 2 is 2.24 bits per heavy atom. The minimum absolute atomic E-state index is 0.0131. The van der Waals surface area contributed by atoms with Crippen molar-refractivity contribution in [3.8, 4) is 0 Å². The van der Waals surface area contributed by atoms with Crippen molar-refractivity contribution in [2.45, 2.75) is 6.42 Å². The molecule has 0 unspecified atom stereocenters. The van der Waals surface area contributed by atoms with Crippen molar-refractivity contribution < 1.29 is 19.4 Å². The van der Waals surface area contributed by atoms with E-state index >= 15 is 0 Å². The van der Waals surface area contributed by atoms with Crippen molar-refractivity contribution in [3.63, 3.8) is 0 Å². The highest BCUT2D eigenvalue weighted by atomic mass is 16.5. The quantitative estimate of drug-likeness (QED) is 0.408. The second-order valence-electron chi connectivity index (χ2n) is 3.51. The number of aliphatic carboxylic acids is 1. The van der Waals surface area contributed by atoms with Gasteiger partial charge in [-0.1, -0.05) is 6.08 Å². The Hall–Kier alpha value is -1.40. The van der Waals surface area contributed by atoms with Gasteiger partial charge in [0.1, 0.15) is 0 Å². The molecule has 0 aliphatic carbocycles. The van der Waals surface area contributed by atoms with Crippen molar-refractivity contribution in [1.29, 1.82) is 0 Å². The molecule has 0 heterocycles. The van der Waals surface area contributed by atoms with Crippen LogP contribution in [0, 0.1) is 0 Å². The van der Waals surface area contributed by atoms with Crippen molar-refractivity contribution >= 4 is 11.9 Å². The minimum atomic E-state index is -0.876. The Balaban J connectivity index is 3.92. The first kappa shape index (κ1) is 15.6. The molecule has 0 aromatic carbocycles. The van der Waals surface area contributed by atoms with E-state index in [1.807, 2.05) is 0 Å². The molecule has 0 aliphatic rings. The molecule has 98 valence electrons. The van der Waals surface area contributed by atoms with Gasteiger partial charge in [0, 0.05) is 26.7 Å². The van der Waals surface area contributed by atoms with Crippen LogP contribution in [-0.2, 0) is 14.3 Å². The zero-order chi connectivity index (χ0) is 13.1. The Morgan fingerprint density at radius 3 is 2.76 bits per heavy atom. The predicted octanol–water partition coefficient (Wildman–Crippen LogP) is -0.288. The van der Waals surface area contributed by atoms with Gasteiger partial charge in [-0.15, -0.1) is 6.58 Å². The lowest BCUT2D eigenvalue weighted by molar-refractivity contribution is -0.137. The Bertz CT molecular complexity index is 256. The van der Waals surface area contributed by atoms with Crippen molar-refractivity contribution in [2.75, 3.05) is 39.9 Å². The van der Waals surface area contributed by atoms with Crippen LogP contribution in [0.25, 0.3) is 0 Å². The number of hydrogen-bond donors (Lipinski definition) is 2. The number of carboxylic acids is 1. The van der Waals surface area contributed by atoms with Gasteiger partial charge in [-0.25, -0.2) is 0 Å². The molecule has 0 fully saturated rings. The molecule has 6 nitrogen and oxygen atoms in total. The van der Waals surface area contributed by atoms with Gasteiger partial charge < -0.3 is 15.2 Å². The predicted molar refractivity (Wildman–Crippen MR) is 63.8 cm³/mol. The highest BCUT2D eigenvalue weighted by Crippen LogP contribution is 1.92. The summed E-state index contributed by atoms with van der Waals surface area (Å²) in [5, 5.41) is 11.2. The van der Waals surface area contributed by atoms with E-state index in [9.17, 15) is 9.59 Å². The third-order valence-electron chi connectivity index (χ3n) is 2.02. The molecule has 6 heteroatoms. The zero-order valence-corrected chi connectivity index (χ0v) is 10.1. The maximum absolute atomic E-state index is 11.5. The molecule has 0 saturated heterocycles. The van der Waals surface area contributed by atoms with Gasteiger partial charge in [0.2, 0.25) is 5.91 Å². The van der Waals surface area contributed by atoms with E-state index in [0.717, 1.165) is 0 Å². The van der Waals surface area contributed by atoms with E-state index in [2.05, 4.69) is 11.9 Å². The molecule has 0 aromatic heterocycles. The van der Waals surface area contributed by atoms with Crippen molar-refractivity contribution in [3.05, 3.63) is 12.7 Å². The smallest absolute Gasteiger partial charge is 0.304 e. The number of nitrogens with one attached hydrogen (secondary N) is 1. The third-order valence-corrected chi connectivity index (χ3v) is 2.02. The van der Waals surface area contributed by atoms with Gasteiger partial charge in [-0.2, -0.15) is 0 Å². The molecular formula is C11H20N2O4. The van der Waals surface area contributed by atoms with Crippen molar-refractivity contribution in [2.24, 2.45) is 0 Å². The van der Waals surface area contributed by atoms with Crippen LogP contribution in [-0.4, -0.2) is 61.8 Å². The first-order valence-corrected chi connectivity index (χ1v) is 5.40. The first-order valence-electron chi connectivity index (χ1n) is 5.40. The van der Waals surface area contributed by atoms with Crippen molar-refractivity contribution in [1.82, 2.24) is 10.2 Å². The summed E-state index contributed by atoms with van der Waals surface area (Å²) in [6, 6.07) is 0. The number of carbonyl (C=O) groups is 2. The maximum Gasteiger partial charge on any atom is 0.304 e. The largest absolute Gasteiger partial charge is 0.481 e. The monoisotopic (exact) mass is 244 g/mol. The molecule has 0 spiro atoms. The Kier molecular flexibility index (Phi) is 8.99. The van der Waals surface area contributed by atoms with Crippen LogP contribution in [0.5, 0.6) is 0 Å². The summed E-state index contributed by atoms with van der Waals surface area (Å²) in [4.78, 5) is 23.6. The fourth-order valence-electron chi connectivity index (χ4n) is 1.22. The van der Waals surface area contributed by atoms with Crippen LogP contribution in [0.4, 0.5) is 0 Å². The normalized spacial score (nSPS) is 10.2. The SMILES string of the molecule is C=CCN(CCC(=O)O)CC(=O)NCCOC. The number of carbonyl (C=O) groups excluding carboxylic acids is 1. The van der Waals surface area contributed by atoms with E-state index < -0.39 is 5.97 Å². The van der Waals surface area contributed by atoms with Gasteiger partial charge >= 0.3 is 5.97 Å². The highest BCUT2D eigenvalue weighted by molar-refractivity contribution is 5.78. The van der Waals surface area contributed by atoms with Crippen LogP contribution in [0.15, 0.2) is 12.7 Å². The van der Waals surface area contributed by atoms with E-state index in [1.54, 1.807) is 18.1 Å². The Morgan fingerprint density at radius 1 is 1.53 bits per heavy atom. The molecule has 0 bridgehead atoms. The number of rotatable bonds is 10. The average molecular weight is 244 g/mol. The summed E-state index contributed by atoms with van der Waals surface area (Å²) in [5.74, 6) is -1.02. The summed E-state index contributed by atoms with van der Waals surface area (Å²) in [6.07, 6.45) is 1.66. The summed E-state index contributed by atoms with van der Waals surface area (Å²) in [6.45, 7) is 5.48. The number of nitrogens with zero attached hydrogens (tertiary/aromatic N) is 1. The topological polar surface area (TPSA) is 78.9 Å². The Labute approximate surface area is 101 Å². The standard InChI is InChI=1S/C11H20N2O4/c1-3-6-13(7-4-11(15)16)9-10(14)12-5-8-17-2/h3H,1,4-9H2,2H3,(H,12,14)(H,15,16). The molecule has 0 atom stereocenters. The summed E-state index contributed by atoms with van der Waals surface area (Å²) in [7, 11) is 1.56. The lowest BCUT2D eigenvalue weighted by Crippen LogP contribution is -2.39. The van der Waals surface area contributed by atoms with E-state index in [1.165, 1.54) is 0 Å². The second-order valence-corrected chi connectivity index (χ2v) is 3.51. The first-order chi connectivity index (χ1) is 8.10. The molecular weight excluding hydrogens is 224 g/mol. The lowest BCUT2D eigenvalue weighted by atomic mass is 10.3. The molecule has 0 saturated carbocycles.